The molecule has 1 fully saturated rings. The first-order chi connectivity index (χ1) is 14.6. The summed E-state index contributed by atoms with van der Waals surface area (Å²) in [6, 6.07) is 3.29. The highest BCUT2D eigenvalue weighted by molar-refractivity contribution is 5.92. The lowest BCUT2D eigenvalue weighted by Gasteiger charge is -2.21. The molecule has 0 saturated heterocycles. The Morgan fingerprint density at radius 1 is 0.867 bits per heavy atom. The van der Waals surface area contributed by atoms with Gasteiger partial charge in [0.1, 0.15) is 0 Å². The maximum atomic E-state index is 12.6. The summed E-state index contributed by atoms with van der Waals surface area (Å²) in [5, 5.41) is 3.00. The molecule has 1 aromatic rings. The zero-order valence-electron chi connectivity index (χ0n) is 18.5. The molecule has 0 heterocycles. The highest BCUT2D eigenvalue weighted by atomic mass is 16.5. The van der Waals surface area contributed by atoms with Crippen molar-refractivity contribution < 1.29 is 28.5 Å². The topological polar surface area (TPSA) is 83.1 Å². The average molecular weight is 422 g/mol. The van der Waals surface area contributed by atoms with E-state index in [9.17, 15) is 9.59 Å². The summed E-state index contributed by atoms with van der Waals surface area (Å²) < 4.78 is 22.1. The molecule has 1 aromatic carbocycles. The SMILES string of the molecule is CCOc1cc(C(=O)OCC(=O)NC2CCCCCCC2)cc(OCC)c1OCC. The number of benzene rings is 1. The van der Waals surface area contributed by atoms with Gasteiger partial charge < -0.3 is 24.3 Å². The van der Waals surface area contributed by atoms with Crippen molar-refractivity contribution in [3.63, 3.8) is 0 Å². The van der Waals surface area contributed by atoms with E-state index >= 15 is 0 Å². The molecule has 1 saturated carbocycles. The number of rotatable bonds is 10. The highest BCUT2D eigenvalue weighted by Crippen LogP contribution is 2.39. The molecule has 2 rings (SSSR count). The fourth-order valence-corrected chi connectivity index (χ4v) is 3.59. The molecule has 30 heavy (non-hydrogen) atoms. The van der Waals surface area contributed by atoms with Crippen LogP contribution in [0.25, 0.3) is 0 Å². The molecule has 1 amide bonds. The van der Waals surface area contributed by atoms with Crippen LogP contribution in [0.2, 0.25) is 0 Å². The molecule has 0 unspecified atom stereocenters. The van der Waals surface area contributed by atoms with E-state index in [4.69, 9.17) is 18.9 Å². The largest absolute Gasteiger partial charge is 0.490 e. The molecule has 168 valence electrons. The Balaban J connectivity index is 2.01. The fourth-order valence-electron chi connectivity index (χ4n) is 3.59. The first-order valence-electron chi connectivity index (χ1n) is 11.1. The fraction of sp³-hybridized carbons (Fsp3) is 0.652. The van der Waals surface area contributed by atoms with Gasteiger partial charge in [-0.2, -0.15) is 0 Å². The van der Waals surface area contributed by atoms with Crippen LogP contribution in [0.3, 0.4) is 0 Å². The van der Waals surface area contributed by atoms with Crippen LogP contribution >= 0.6 is 0 Å². The van der Waals surface area contributed by atoms with E-state index in [2.05, 4.69) is 5.32 Å². The van der Waals surface area contributed by atoms with Crippen molar-refractivity contribution in [1.29, 1.82) is 0 Å². The highest BCUT2D eigenvalue weighted by Gasteiger charge is 2.20. The van der Waals surface area contributed by atoms with Crippen LogP contribution in [-0.4, -0.2) is 44.3 Å². The predicted octanol–water partition coefficient (Wildman–Crippen LogP) is 4.27. The first-order valence-corrected chi connectivity index (χ1v) is 11.1. The molecule has 0 aliphatic heterocycles. The lowest BCUT2D eigenvalue weighted by Crippen LogP contribution is -2.38. The third kappa shape index (κ3) is 7.43. The van der Waals surface area contributed by atoms with Crippen molar-refractivity contribution in [2.24, 2.45) is 0 Å². The zero-order valence-corrected chi connectivity index (χ0v) is 18.5. The number of hydrogen-bond acceptors (Lipinski definition) is 6. The van der Waals surface area contributed by atoms with Crippen molar-refractivity contribution in [2.75, 3.05) is 26.4 Å². The Morgan fingerprint density at radius 3 is 1.93 bits per heavy atom. The van der Waals surface area contributed by atoms with Crippen LogP contribution in [0.4, 0.5) is 0 Å². The third-order valence-corrected chi connectivity index (χ3v) is 4.95. The van der Waals surface area contributed by atoms with Gasteiger partial charge in [0.05, 0.1) is 25.4 Å². The second kappa shape index (κ2) is 13.0. The van der Waals surface area contributed by atoms with Crippen molar-refractivity contribution in [2.45, 2.75) is 71.8 Å². The van der Waals surface area contributed by atoms with Crippen LogP contribution in [0, 0.1) is 0 Å². The van der Waals surface area contributed by atoms with E-state index in [1.807, 2.05) is 20.8 Å². The van der Waals surface area contributed by atoms with E-state index in [0.29, 0.717) is 37.1 Å². The van der Waals surface area contributed by atoms with Gasteiger partial charge in [-0.25, -0.2) is 4.79 Å². The van der Waals surface area contributed by atoms with Gasteiger partial charge in [0.2, 0.25) is 5.75 Å². The molecule has 7 nitrogen and oxygen atoms in total. The van der Waals surface area contributed by atoms with Crippen LogP contribution in [0.15, 0.2) is 12.1 Å². The van der Waals surface area contributed by atoms with Crippen LogP contribution in [0.5, 0.6) is 17.2 Å². The maximum Gasteiger partial charge on any atom is 0.338 e. The van der Waals surface area contributed by atoms with Gasteiger partial charge in [-0.05, 0) is 45.7 Å². The van der Waals surface area contributed by atoms with Gasteiger partial charge >= 0.3 is 5.97 Å². The summed E-state index contributed by atoms with van der Waals surface area (Å²) in [6.07, 6.45) is 7.90. The van der Waals surface area contributed by atoms with Crippen LogP contribution < -0.4 is 19.5 Å². The maximum absolute atomic E-state index is 12.6. The molecule has 0 radical (unpaired) electrons. The Kier molecular flexibility index (Phi) is 10.3. The molecule has 0 atom stereocenters. The summed E-state index contributed by atoms with van der Waals surface area (Å²) in [5.74, 6) is 0.412. The van der Waals surface area contributed by atoms with Crippen molar-refractivity contribution >= 4 is 11.9 Å². The molecule has 1 N–H and O–H groups in total. The molecular weight excluding hydrogens is 386 g/mol. The number of carbonyl (C=O) groups is 2. The molecule has 0 bridgehead atoms. The Hall–Kier alpha value is -2.44. The molecule has 1 aliphatic carbocycles. The van der Waals surface area contributed by atoms with Gasteiger partial charge in [-0.1, -0.05) is 32.1 Å². The molecule has 0 aromatic heterocycles. The van der Waals surface area contributed by atoms with E-state index in [1.165, 1.54) is 19.3 Å². The van der Waals surface area contributed by atoms with Gasteiger partial charge in [-0.15, -0.1) is 0 Å². The number of carbonyl (C=O) groups excluding carboxylic acids is 2. The van der Waals surface area contributed by atoms with E-state index in [-0.39, 0.29) is 24.1 Å². The Bertz CT molecular complexity index is 655. The average Bonchev–Trinajstić information content (AvgIpc) is 2.70. The Labute approximate surface area is 179 Å². The van der Waals surface area contributed by atoms with E-state index in [0.717, 1.165) is 25.7 Å². The molecule has 7 heteroatoms. The van der Waals surface area contributed by atoms with E-state index in [1.54, 1.807) is 12.1 Å². The molecule has 0 spiro atoms. The monoisotopic (exact) mass is 421 g/mol. The van der Waals surface area contributed by atoms with Gasteiger partial charge in [0, 0.05) is 6.04 Å². The minimum Gasteiger partial charge on any atom is -0.490 e. The van der Waals surface area contributed by atoms with Crippen molar-refractivity contribution in [1.82, 2.24) is 5.32 Å². The minimum atomic E-state index is -0.604. The smallest absolute Gasteiger partial charge is 0.338 e. The number of ether oxygens (including phenoxy) is 4. The number of esters is 1. The number of hydrogen-bond donors (Lipinski definition) is 1. The zero-order chi connectivity index (χ0) is 21.8. The first kappa shape index (κ1) is 23.8. The minimum absolute atomic E-state index is 0.163. The molecule has 1 aliphatic rings. The summed E-state index contributed by atoms with van der Waals surface area (Å²) in [6.45, 7) is 6.51. The standard InChI is InChI=1S/C23H35NO6/c1-4-27-19-14-17(15-20(28-5-2)22(19)29-6-3)23(26)30-16-21(25)24-18-12-10-8-7-9-11-13-18/h14-15,18H,4-13,16H2,1-3H3,(H,24,25). The van der Waals surface area contributed by atoms with Gasteiger partial charge in [0.25, 0.3) is 5.91 Å². The summed E-state index contributed by atoms with van der Waals surface area (Å²) >= 11 is 0. The predicted molar refractivity (Wildman–Crippen MR) is 114 cm³/mol. The normalized spacial score (nSPS) is 14.9. The number of amides is 1. The van der Waals surface area contributed by atoms with E-state index < -0.39 is 5.97 Å². The van der Waals surface area contributed by atoms with Crippen molar-refractivity contribution in [3.05, 3.63) is 17.7 Å². The second-order valence-electron chi connectivity index (χ2n) is 7.29. The third-order valence-electron chi connectivity index (χ3n) is 4.95. The number of nitrogens with one attached hydrogen (secondary N) is 1. The van der Waals surface area contributed by atoms with Crippen LogP contribution in [-0.2, 0) is 9.53 Å². The summed E-state index contributed by atoms with van der Waals surface area (Å²) in [4.78, 5) is 24.8. The van der Waals surface area contributed by atoms with Crippen LogP contribution in [0.1, 0.15) is 76.1 Å². The van der Waals surface area contributed by atoms with Gasteiger partial charge in [-0.3, -0.25) is 4.79 Å². The summed E-state index contributed by atoms with van der Waals surface area (Å²) in [5.41, 5.74) is 0.254. The van der Waals surface area contributed by atoms with Crippen molar-refractivity contribution in [3.8, 4) is 17.2 Å². The Morgan fingerprint density at radius 2 is 1.40 bits per heavy atom. The molecular formula is C23H35NO6. The van der Waals surface area contributed by atoms with Gasteiger partial charge in [0.15, 0.2) is 18.1 Å². The quantitative estimate of drug-likeness (QED) is 0.568. The summed E-state index contributed by atoms with van der Waals surface area (Å²) in [7, 11) is 0. The lowest BCUT2D eigenvalue weighted by molar-refractivity contribution is -0.125. The second-order valence-corrected chi connectivity index (χ2v) is 7.29. The lowest BCUT2D eigenvalue weighted by atomic mass is 9.97.